The van der Waals surface area contributed by atoms with Gasteiger partial charge in [-0.2, -0.15) is 0 Å². The molecular weight excluding hydrogens is 228 g/mol. The second-order valence-electron chi connectivity index (χ2n) is 6.42. The molecule has 0 bridgehead atoms. The Morgan fingerprint density at radius 2 is 1.67 bits per heavy atom. The van der Waals surface area contributed by atoms with Crippen LogP contribution in [-0.4, -0.2) is 11.8 Å². The lowest BCUT2D eigenvalue weighted by Gasteiger charge is -2.44. The van der Waals surface area contributed by atoms with Crippen LogP contribution in [0.4, 0.5) is 0 Å². The summed E-state index contributed by atoms with van der Waals surface area (Å²) in [5.74, 6) is -0.344. The van der Waals surface area contributed by atoms with Crippen LogP contribution in [0, 0.1) is 17.3 Å². The van der Waals surface area contributed by atoms with Gasteiger partial charge in [0.2, 0.25) is 11.8 Å². The first-order valence-corrected chi connectivity index (χ1v) is 6.80. The third-order valence-electron chi connectivity index (χ3n) is 4.88. The van der Waals surface area contributed by atoms with E-state index in [4.69, 9.17) is 0 Å². The highest BCUT2D eigenvalue weighted by atomic mass is 16.2. The third-order valence-corrected chi connectivity index (χ3v) is 4.88. The highest BCUT2D eigenvalue weighted by Gasteiger charge is 2.45. The molecule has 4 nitrogen and oxygen atoms in total. The molecular formula is C14H20N2O2. The molecule has 2 aliphatic carbocycles. The summed E-state index contributed by atoms with van der Waals surface area (Å²) in [4.78, 5) is 23.8. The largest absolute Gasteiger partial charge is 0.273 e. The third kappa shape index (κ3) is 1.66. The fraction of sp³-hybridized carbons (Fsp3) is 0.714. The molecule has 1 saturated heterocycles. The Morgan fingerprint density at radius 1 is 1.06 bits per heavy atom. The van der Waals surface area contributed by atoms with E-state index in [-0.39, 0.29) is 29.1 Å². The van der Waals surface area contributed by atoms with Crippen molar-refractivity contribution in [1.82, 2.24) is 10.9 Å². The number of allylic oxidation sites excluding steroid dienone is 2. The molecule has 0 unspecified atom stereocenters. The van der Waals surface area contributed by atoms with Crippen LogP contribution in [0.5, 0.6) is 0 Å². The minimum atomic E-state index is -0.158. The smallest absolute Gasteiger partial charge is 0.242 e. The van der Waals surface area contributed by atoms with E-state index in [1.165, 1.54) is 24.0 Å². The molecule has 3 rings (SSSR count). The Hall–Kier alpha value is -1.32. The second-order valence-corrected chi connectivity index (χ2v) is 6.42. The standard InChI is InChI=1S/C14H20N2O2/c1-14(2)5-3-4-8-6-9-10(7-11(8)14)13(18)16-15-12(9)17/h9-10H,3-7H2,1-2H3,(H,15,17)(H,16,18)/t9-,10+/m0/s1. The maximum atomic E-state index is 11.9. The van der Waals surface area contributed by atoms with Gasteiger partial charge in [-0.05, 0) is 37.5 Å². The first-order chi connectivity index (χ1) is 8.49. The molecule has 18 heavy (non-hydrogen) atoms. The maximum absolute atomic E-state index is 11.9. The lowest BCUT2D eigenvalue weighted by Crippen LogP contribution is -2.57. The van der Waals surface area contributed by atoms with Gasteiger partial charge in [-0.15, -0.1) is 0 Å². The number of fused-ring (bicyclic) bond motifs is 1. The molecule has 0 aromatic carbocycles. The van der Waals surface area contributed by atoms with Gasteiger partial charge in [0.15, 0.2) is 0 Å². The van der Waals surface area contributed by atoms with E-state index in [9.17, 15) is 9.59 Å². The van der Waals surface area contributed by atoms with Crippen molar-refractivity contribution in [1.29, 1.82) is 0 Å². The van der Waals surface area contributed by atoms with Crippen molar-refractivity contribution in [3.63, 3.8) is 0 Å². The molecule has 4 heteroatoms. The van der Waals surface area contributed by atoms with Crippen molar-refractivity contribution in [2.75, 3.05) is 0 Å². The maximum Gasteiger partial charge on any atom is 0.242 e. The summed E-state index contributed by atoms with van der Waals surface area (Å²) in [5, 5.41) is 0. The predicted octanol–water partition coefficient (Wildman–Crippen LogP) is 1.68. The van der Waals surface area contributed by atoms with Gasteiger partial charge >= 0.3 is 0 Å². The molecule has 3 aliphatic rings. The number of carbonyl (C=O) groups excluding carboxylic acids is 2. The number of hydrogen-bond acceptors (Lipinski definition) is 2. The fourth-order valence-electron chi connectivity index (χ4n) is 3.80. The molecule has 2 atom stereocenters. The topological polar surface area (TPSA) is 58.2 Å². The molecule has 1 fully saturated rings. The summed E-state index contributed by atoms with van der Waals surface area (Å²) in [6.45, 7) is 4.53. The minimum Gasteiger partial charge on any atom is -0.273 e. The van der Waals surface area contributed by atoms with E-state index in [2.05, 4.69) is 24.7 Å². The van der Waals surface area contributed by atoms with Crippen molar-refractivity contribution in [2.45, 2.75) is 46.0 Å². The molecule has 1 heterocycles. The lowest BCUT2D eigenvalue weighted by atomic mass is 9.62. The average Bonchev–Trinajstić information content (AvgIpc) is 2.33. The zero-order valence-corrected chi connectivity index (χ0v) is 11.0. The summed E-state index contributed by atoms with van der Waals surface area (Å²) in [6.07, 6.45) is 5.06. The van der Waals surface area contributed by atoms with E-state index in [1.54, 1.807) is 0 Å². The van der Waals surface area contributed by atoms with Crippen LogP contribution >= 0.6 is 0 Å². The molecule has 0 radical (unpaired) electrons. The zero-order valence-electron chi connectivity index (χ0n) is 11.0. The SMILES string of the molecule is CC1(C)CCCC2=C1C[C@H]1C(=O)NNC(=O)[C@H]1C2. The van der Waals surface area contributed by atoms with E-state index >= 15 is 0 Å². The van der Waals surface area contributed by atoms with Crippen molar-refractivity contribution in [2.24, 2.45) is 17.3 Å². The van der Waals surface area contributed by atoms with E-state index < -0.39 is 0 Å². The van der Waals surface area contributed by atoms with Crippen LogP contribution in [0.1, 0.15) is 46.0 Å². The molecule has 0 spiro atoms. The first-order valence-electron chi connectivity index (χ1n) is 6.80. The quantitative estimate of drug-likeness (QED) is 0.641. The van der Waals surface area contributed by atoms with Gasteiger partial charge in [0, 0.05) is 0 Å². The number of carbonyl (C=O) groups is 2. The Morgan fingerprint density at radius 3 is 2.33 bits per heavy atom. The van der Waals surface area contributed by atoms with Crippen LogP contribution in [0.25, 0.3) is 0 Å². The second kappa shape index (κ2) is 3.84. The summed E-state index contributed by atoms with van der Waals surface area (Å²) in [5.41, 5.74) is 8.07. The average molecular weight is 248 g/mol. The summed E-state index contributed by atoms with van der Waals surface area (Å²) in [7, 11) is 0. The van der Waals surface area contributed by atoms with E-state index in [0.29, 0.717) is 0 Å². The number of nitrogens with one attached hydrogen (secondary N) is 2. The molecule has 0 aromatic rings. The number of hydrogen-bond donors (Lipinski definition) is 2. The molecule has 1 aliphatic heterocycles. The first kappa shape index (κ1) is 11.8. The Bertz CT molecular complexity index is 451. The minimum absolute atomic E-state index is 0.0190. The zero-order chi connectivity index (χ0) is 12.9. The lowest BCUT2D eigenvalue weighted by molar-refractivity contribution is -0.143. The van der Waals surface area contributed by atoms with Crippen LogP contribution in [0.2, 0.25) is 0 Å². The summed E-state index contributed by atoms with van der Waals surface area (Å²) < 4.78 is 0. The van der Waals surface area contributed by atoms with E-state index in [0.717, 1.165) is 19.3 Å². The van der Waals surface area contributed by atoms with Crippen molar-refractivity contribution in [3.8, 4) is 0 Å². The fourth-order valence-corrected chi connectivity index (χ4v) is 3.80. The van der Waals surface area contributed by atoms with Crippen molar-refractivity contribution < 1.29 is 9.59 Å². The molecule has 2 N–H and O–H groups in total. The van der Waals surface area contributed by atoms with Crippen molar-refractivity contribution >= 4 is 11.8 Å². The highest BCUT2D eigenvalue weighted by molar-refractivity contribution is 5.93. The number of rotatable bonds is 0. The molecule has 0 saturated carbocycles. The van der Waals surface area contributed by atoms with Gasteiger partial charge in [-0.3, -0.25) is 20.4 Å². The van der Waals surface area contributed by atoms with Crippen molar-refractivity contribution in [3.05, 3.63) is 11.1 Å². The van der Waals surface area contributed by atoms with Crippen LogP contribution in [-0.2, 0) is 9.59 Å². The summed E-state index contributed by atoms with van der Waals surface area (Å²) in [6, 6.07) is 0. The number of amides is 2. The molecule has 2 amide bonds. The van der Waals surface area contributed by atoms with Gasteiger partial charge in [-0.1, -0.05) is 25.0 Å². The van der Waals surface area contributed by atoms with Gasteiger partial charge < -0.3 is 0 Å². The Kier molecular flexibility index (Phi) is 2.50. The Labute approximate surface area is 107 Å². The molecule has 98 valence electrons. The van der Waals surface area contributed by atoms with Gasteiger partial charge in [-0.25, -0.2) is 0 Å². The predicted molar refractivity (Wildman–Crippen MR) is 67.2 cm³/mol. The van der Waals surface area contributed by atoms with Gasteiger partial charge in [0.05, 0.1) is 11.8 Å². The van der Waals surface area contributed by atoms with Gasteiger partial charge in [0.1, 0.15) is 0 Å². The normalized spacial score (nSPS) is 34.3. The monoisotopic (exact) mass is 248 g/mol. The molecule has 0 aromatic heterocycles. The Balaban J connectivity index is 1.97. The van der Waals surface area contributed by atoms with Crippen LogP contribution in [0.15, 0.2) is 11.1 Å². The number of hydrazine groups is 1. The van der Waals surface area contributed by atoms with Crippen LogP contribution in [0.3, 0.4) is 0 Å². The van der Waals surface area contributed by atoms with Gasteiger partial charge in [0.25, 0.3) is 0 Å². The summed E-state index contributed by atoms with van der Waals surface area (Å²) >= 11 is 0. The van der Waals surface area contributed by atoms with Crippen LogP contribution < -0.4 is 10.9 Å². The highest BCUT2D eigenvalue weighted by Crippen LogP contribution is 2.49. The van der Waals surface area contributed by atoms with E-state index in [1.807, 2.05) is 0 Å².